The van der Waals surface area contributed by atoms with Crippen LogP contribution in [0.5, 0.6) is 0 Å². The Bertz CT molecular complexity index is 223. The molecule has 3 aliphatic rings. The van der Waals surface area contributed by atoms with Crippen LogP contribution in [0.1, 0.15) is 51.4 Å². The van der Waals surface area contributed by atoms with E-state index in [9.17, 15) is 0 Å². The average Bonchev–Trinajstić information content (AvgIpc) is 2.78. The summed E-state index contributed by atoms with van der Waals surface area (Å²) >= 11 is 0. The van der Waals surface area contributed by atoms with Crippen LogP contribution in [0, 0.1) is 5.41 Å². The first-order valence-corrected chi connectivity index (χ1v) is 7.32. The number of hydrogen-bond donors (Lipinski definition) is 1. The summed E-state index contributed by atoms with van der Waals surface area (Å²) in [6, 6.07) is 0.885. The molecule has 3 rings (SSSR count). The molecule has 0 unspecified atom stereocenters. The van der Waals surface area contributed by atoms with Crippen molar-refractivity contribution in [3.63, 3.8) is 0 Å². The molecule has 0 bridgehead atoms. The first-order valence-electron chi connectivity index (χ1n) is 7.32. The topological polar surface area (TPSA) is 15.3 Å². The zero-order chi connectivity index (χ0) is 10.8. The zero-order valence-corrected chi connectivity index (χ0v) is 10.5. The van der Waals surface area contributed by atoms with E-state index in [0.29, 0.717) is 5.41 Å². The lowest BCUT2D eigenvalue weighted by Crippen LogP contribution is -2.42. The molecule has 0 radical (unpaired) electrons. The summed E-state index contributed by atoms with van der Waals surface area (Å²) in [5.41, 5.74) is 0.646. The van der Waals surface area contributed by atoms with E-state index in [2.05, 4.69) is 10.2 Å². The lowest BCUT2D eigenvalue weighted by molar-refractivity contribution is 0.171. The molecular formula is C14H26N2. The number of nitrogens with one attached hydrogen (secondary N) is 1. The van der Waals surface area contributed by atoms with Gasteiger partial charge in [-0.2, -0.15) is 0 Å². The Morgan fingerprint density at radius 2 is 1.69 bits per heavy atom. The van der Waals surface area contributed by atoms with Crippen LogP contribution in [0.4, 0.5) is 0 Å². The summed E-state index contributed by atoms with van der Waals surface area (Å²) in [7, 11) is 0. The molecule has 16 heavy (non-hydrogen) atoms. The van der Waals surface area contributed by atoms with Crippen LogP contribution in [0.25, 0.3) is 0 Å². The lowest BCUT2D eigenvalue weighted by Gasteiger charge is -2.34. The third kappa shape index (κ3) is 2.60. The monoisotopic (exact) mass is 222 g/mol. The summed E-state index contributed by atoms with van der Waals surface area (Å²) in [4.78, 5) is 2.72. The number of nitrogens with zero attached hydrogens (tertiary/aromatic N) is 1. The van der Waals surface area contributed by atoms with E-state index < -0.39 is 0 Å². The summed E-state index contributed by atoms with van der Waals surface area (Å²) in [5, 5.41) is 3.79. The minimum Gasteiger partial charge on any atom is -0.313 e. The molecule has 0 atom stereocenters. The summed E-state index contributed by atoms with van der Waals surface area (Å²) in [5.74, 6) is 0. The fourth-order valence-corrected chi connectivity index (χ4v) is 3.58. The van der Waals surface area contributed by atoms with E-state index in [4.69, 9.17) is 0 Å². The molecule has 92 valence electrons. The second kappa shape index (κ2) is 4.66. The van der Waals surface area contributed by atoms with Crippen molar-refractivity contribution in [2.45, 2.75) is 57.4 Å². The Hall–Kier alpha value is -0.0800. The van der Waals surface area contributed by atoms with Gasteiger partial charge in [-0.1, -0.05) is 12.8 Å². The van der Waals surface area contributed by atoms with Crippen LogP contribution in [-0.4, -0.2) is 37.1 Å². The second-order valence-electron chi connectivity index (χ2n) is 6.35. The number of rotatable bonds is 5. The Morgan fingerprint density at radius 3 is 2.31 bits per heavy atom. The van der Waals surface area contributed by atoms with Crippen molar-refractivity contribution in [1.82, 2.24) is 10.2 Å². The highest BCUT2D eigenvalue weighted by Crippen LogP contribution is 2.39. The van der Waals surface area contributed by atoms with Crippen molar-refractivity contribution >= 4 is 0 Å². The first-order chi connectivity index (χ1) is 7.86. The Morgan fingerprint density at radius 1 is 1.00 bits per heavy atom. The van der Waals surface area contributed by atoms with Crippen molar-refractivity contribution in [3.8, 4) is 0 Å². The summed E-state index contributed by atoms with van der Waals surface area (Å²) in [6.45, 7) is 5.41. The maximum Gasteiger partial charge on any atom is 0.00684 e. The van der Waals surface area contributed by atoms with Crippen LogP contribution in [0.15, 0.2) is 0 Å². The number of likely N-dealkylation sites (tertiary alicyclic amines) is 1. The minimum atomic E-state index is 0.646. The molecule has 3 fully saturated rings. The molecular weight excluding hydrogens is 196 g/mol. The van der Waals surface area contributed by atoms with Crippen molar-refractivity contribution in [1.29, 1.82) is 0 Å². The van der Waals surface area contributed by atoms with E-state index in [1.165, 1.54) is 77.5 Å². The molecule has 2 nitrogen and oxygen atoms in total. The van der Waals surface area contributed by atoms with Crippen molar-refractivity contribution < 1.29 is 0 Å². The van der Waals surface area contributed by atoms with Gasteiger partial charge in [-0.25, -0.2) is 0 Å². The SMILES string of the molecule is C1CCN(CC2(CNC3CC3)CCCC2)C1. The molecule has 1 aliphatic heterocycles. The molecule has 0 amide bonds. The van der Waals surface area contributed by atoms with Crippen molar-refractivity contribution in [3.05, 3.63) is 0 Å². The fourth-order valence-electron chi connectivity index (χ4n) is 3.58. The highest BCUT2D eigenvalue weighted by atomic mass is 15.2. The molecule has 0 spiro atoms. The summed E-state index contributed by atoms with van der Waals surface area (Å²) in [6.07, 6.45) is 11.6. The van der Waals surface area contributed by atoms with E-state index in [1.807, 2.05) is 0 Å². The fraction of sp³-hybridized carbons (Fsp3) is 1.00. The predicted molar refractivity (Wildman–Crippen MR) is 67.6 cm³/mol. The van der Waals surface area contributed by atoms with Crippen molar-refractivity contribution in [2.24, 2.45) is 5.41 Å². The van der Waals surface area contributed by atoms with E-state index in [1.54, 1.807) is 0 Å². The van der Waals surface area contributed by atoms with Crippen LogP contribution in [0.2, 0.25) is 0 Å². The van der Waals surface area contributed by atoms with Crippen molar-refractivity contribution in [2.75, 3.05) is 26.2 Å². The third-order valence-electron chi connectivity index (χ3n) is 4.77. The van der Waals surface area contributed by atoms with Gasteiger partial charge in [0.1, 0.15) is 0 Å². The average molecular weight is 222 g/mol. The van der Waals surface area contributed by atoms with Gasteiger partial charge in [-0.05, 0) is 57.0 Å². The van der Waals surface area contributed by atoms with Gasteiger partial charge in [0, 0.05) is 19.1 Å². The molecule has 2 saturated carbocycles. The molecule has 1 heterocycles. The molecule has 0 aromatic rings. The predicted octanol–water partition coefficient (Wildman–Crippen LogP) is 2.39. The highest BCUT2D eigenvalue weighted by Gasteiger charge is 2.37. The van der Waals surface area contributed by atoms with Crippen LogP contribution in [0.3, 0.4) is 0 Å². The largest absolute Gasteiger partial charge is 0.313 e. The molecule has 2 heteroatoms. The molecule has 1 saturated heterocycles. The van der Waals surface area contributed by atoms with Gasteiger partial charge in [0.15, 0.2) is 0 Å². The standard InChI is InChI=1S/C14H26N2/c1-2-8-14(7-1,11-15-13-5-6-13)12-16-9-3-4-10-16/h13,15H,1-12H2. The number of hydrogen-bond acceptors (Lipinski definition) is 2. The Kier molecular flexibility index (Phi) is 3.21. The summed E-state index contributed by atoms with van der Waals surface area (Å²) < 4.78 is 0. The van der Waals surface area contributed by atoms with Gasteiger partial charge in [-0.3, -0.25) is 0 Å². The second-order valence-corrected chi connectivity index (χ2v) is 6.35. The van der Waals surface area contributed by atoms with Gasteiger partial charge >= 0.3 is 0 Å². The molecule has 1 N–H and O–H groups in total. The molecule has 0 aromatic heterocycles. The maximum atomic E-state index is 3.79. The Balaban J connectivity index is 1.54. The van der Waals surface area contributed by atoms with Crippen LogP contribution < -0.4 is 5.32 Å². The quantitative estimate of drug-likeness (QED) is 0.768. The van der Waals surface area contributed by atoms with E-state index in [0.717, 1.165) is 6.04 Å². The zero-order valence-electron chi connectivity index (χ0n) is 10.5. The van der Waals surface area contributed by atoms with E-state index >= 15 is 0 Å². The van der Waals surface area contributed by atoms with Gasteiger partial charge in [0.05, 0.1) is 0 Å². The highest BCUT2D eigenvalue weighted by molar-refractivity contribution is 4.93. The smallest absolute Gasteiger partial charge is 0.00684 e. The van der Waals surface area contributed by atoms with Gasteiger partial charge < -0.3 is 10.2 Å². The minimum absolute atomic E-state index is 0.646. The first kappa shape index (κ1) is 11.0. The van der Waals surface area contributed by atoms with Gasteiger partial charge in [0.2, 0.25) is 0 Å². The molecule has 2 aliphatic carbocycles. The van der Waals surface area contributed by atoms with Crippen LogP contribution in [-0.2, 0) is 0 Å². The van der Waals surface area contributed by atoms with Gasteiger partial charge in [-0.15, -0.1) is 0 Å². The Labute approximate surface area is 99.8 Å². The normalized spacial score (nSPS) is 30.0. The van der Waals surface area contributed by atoms with E-state index in [-0.39, 0.29) is 0 Å². The van der Waals surface area contributed by atoms with Gasteiger partial charge in [0.25, 0.3) is 0 Å². The molecule has 0 aromatic carbocycles. The maximum absolute atomic E-state index is 3.79. The lowest BCUT2D eigenvalue weighted by atomic mass is 9.85. The van der Waals surface area contributed by atoms with Crippen LogP contribution >= 0.6 is 0 Å². The third-order valence-corrected chi connectivity index (χ3v) is 4.77.